The third-order valence-electron chi connectivity index (χ3n) is 3.74. The molecule has 0 aliphatic heterocycles. The van der Waals surface area contributed by atoms with Gasteiger partial charge in [0.25, 0.3) is 0 Å². The first-order valence-electron chi connectivity index (χ1n) is 7.92. The molecule has 0 fully saturated rings. The van der Waals surface area contributed by atoms with Crippen LogP contribution in [0.1, 0.15) is 30.6 Å². The fraction of sp³-hybridized carbons (Fsp3) is 0.211. The minimum Gasteiger partial charge on any atom is -0.326 e. The van der Waals surface area contributed by atoms with Gasteiger partial charge >= 0.3 is 0 Å². The molecule has 0 aliphatic rings. The summed E-state index contributed by atoms with van der Waals surface area (Å²) in [6.07, 6.45) is 0.0802. The molecule has 0 unspecified atom stereocenters. The Morgan fingerprint density at radius 1 is 1.00 bits per heavy atom. The maximum absolute atomic E-state index is 12.2. The highest BCUT2D eigenvalue weighted by atomic mass is 35.5. The molecule has 0 heterocycles. The van der Waals surface area contributed by atoms with E-state index in [1.165, 1.54) is 18.7 Å². The molecule has 0 saturated carbocycles. The van der Waals surface area contributed by atoms with Gasteiger partial charge < -0.3 is 10.2 Å². The Morgan fingerprint density at radius 2 is 1.65 bits per heavy atom. The smallest absolute Gasteiger partial charge is 0.226 e. The monoisotopic (exact) mass is 392 g/mol. The standard InChI is InChI=1S/C19H18Cl2N2O3/c1-12(24)14-6-8-15(9-7-14)22-18(26)10-11-23(13(2)25)17-5-3-4-16(20)19(17)21/h3-9H,10-11H2,1-2H3,(H,22,26). The summed E-state index contributed by atoms with van der Waals surface area (Å²) in [5.74, 6) is -0.545. The second-order valence-corrected chi connectivity index (χ2v) is 6.46. The zero-order chi connectivity index (χ0) is 19.3. The van der Waals surface area contributed by atoms with E-state index in [4.69, 9.17) is 23.2 Å². The van der Waals surface area contributed by atoms with Gasteiger partial charge in [0.1, 0.15) is 0 Å². The van der Waals surface area contributed by atoms with E-state index < -0.39 is 0 Å². The molecular formula is C19H18Cl2N2O3. The molecule has 0 radical (unpaired) electrons. The van der Waals surface area contributed by atoms with E-state index in [2.05, 4.69) is 5.32 Å². The van der Waals surface area contributed by atoms with Gasteiger partial charge in [-0.25, -0.2) is 0 Å². The van der Waals surface area contributed by atoms with Gasteiger partial charge in [-0.15, -0.1) is 0 Å². The Bertz CT molecular complexity index is 835. The van der Waals surface area contributed by atoms with Crippen LogP contribution in [0.5, 0.6) is 0 Å². The van der Waals surface area contributed by atoms with E-state index in [0.717, 1.165) is 0 Å². The molecule has 0 aliphatic carbocycles. The van der Waals surface area contributed by atoms with Gasteiger partial charge in [-0.05, 0) is 43.3 Å². The van der Waals surface area contributed by atoms with Gasteiger partial charge in [0.15, 0.2) is 5.78 Å². The highest BCUT2D eigenvalue weighted by Crippen LogP contribution is 2.32. The number of halogens is 2. The lowest BCUT2D eigenvalue weighted by atomic mass is 10.1. The van der Waals surface area contributed by atoms with Crippen LogP contribution in [-0.2, 0) is 9.59 Å². The molecule has 2 rings (SSSR count). The number of amides is 2. The van der Waals surface area contributed by atoms with Crippen LogP contribution < -0.4 is 10.2 Å². The Labute approximate surface area is 161 Å². The fourth-order valence-electron chi connectivity index (χ4n) is 2.37. The highest BCUT2D eigenvalue weighted by molar-refractivity contribution is 6.44. The number of Topliss-reactive ketones (excluding diaryl/α,β-unsaturated/α-hetero) is 1. The second-order valence-electron chi connectivity index (χ2n) is 5.68. The van der Waals surface area contributed by atoms with Gasteiger partial charge in [-0.1, -0.05) is 29.3 Å². The quantitative estimate of drug-likeness (QED) is 0.731. The molecule has 2 aromatic rings. The van der Waals surface area contributed by atoms with Crippen LogP contribution in [0, 0.1) is 0 Å². The number of anilines is 2. The first-order chi connectivity index (χ1) is 12.3. The van der Waals surface area contributed by atoms with Crippen molar-refractivity contribution >= 4 is 52.2 Å². The number of carbonyl (C=O) groups is 3. The van der Waals surface area contributed by atoms with Gasteiger partial charge in [0, 0.05) is 31.1 Å². The predicted molar refractivity (Wildman–Crippen MR) is 104 cm³/mol. The van der Waals surface area contributed by atoms with Crippen molar-refractivity contribution in [3.05, 3.63) is 58.1 Å². The zero-order valence-corrected chi connectivity index (χ0v) is 15.9. The van der Waals surface area contributed by atoms with E-state index >= 15 is 0 Å². The highest BCUT2D eigenvalue weighted by Gasteiger charge is 2.17. The molecule has 5 nitrogen and oxygen atoms in total. The zero-order valence-electron chi connectivity index (χ0n) is 14.4. The van der Waals surface area contributed by atoms with Crippen molar-refractivity contribution in [2.24, 2.45) is 0 Å². The summed E-state index contributed by atoms with van der Waals surface area (Å²) in [5, 5.41) is 3.34. The van der Waals surface area contributed by atoms with E-state index in [9.17, 15) is 14.4 Å². The van der Waals surface area contributed by atoms with Gasteiger partial charge in [-0.2, -0.15) is 0 Å². The third kappa shape index (κ3) is 5.07. The Morgan fingerprint density at radius 3 is 2.23 bits per heavy atom. The Kier molecular flexibility index (Phi) is 6.77. The minimum atomic E-state index is -0.259. The average Bonchev–Trinajstić information content (AvgIpc) is 2.58. The SMILES string of the molecule is CC(=O)c1ccc(NC(=O)CCN(C(C)=O)c2cccc(Cl)c2Cl)cc1. The summed E-state index contributed by atoms with van der Waals surface area (Å²) >= 11 is 12.2. The molecular weight excluding hydrogens is 375 g/mol. The van der Waals surface area contributed by atoms with Crippen molar-refractivity contribution in [1.82, 2.24) is 0 Å². The Balaban J connectivity index is 2.02. The first-order valence-corrected chi connectivity index (χ1v) is 8.68. The maximum Gasteiger partial charge on any atom is 0.226 e. The number of nitrogens with one attached hydrogen (secondary N) is 1. The molecule has 2 aromatic carbocycles. The van der Waals surface area contributed by atoms with Crippen LogP contribution in [0.2, 0.25) is 10.0 Å². The minimum absolute atomic E-state index is 0.0432. The van der Waals surface area contributed by atoms with Crippen LogP contribution in [0.4, 0.5) is 11.4 Å². The molecule has 0 spiro atoms. The van der Waals surface area contributed by atoms with Crippen LogP contribution in [-0.4, -0.2) is 24.1 Å². The molecule has 136 valence electrons. The molecule has 7 heteroatoms. The summed E-state index contributed by atoms with van der Waals surface area (Å²) in [6.45, 7) is 3.04. The molecule has 2 amide bonds. The van der Waals surface area contributed by atoms with Crippen molar-refractivity contribution in [2.45, 2.75) is 20.3 Å². The largest absolute Gasteiger partial charge is 0.326 e. The number of rotatable bonds is 6. The summed E-state index contributed by atoms with van der Waals surface area (Å²) in [5.41, 5.74) is 1.61. The average molecular weight is 393 g/mol. The molecule has 0 saturated heterocycles. The fourth-order valence-corrected chi connectivity index (χ4v) is 2.77. The van der Waals surface area contributed by atoms with E-state index in [1.54, 1.807) is 42.5 Å². The number of hydrogen-bond acceptors (Lipinski definition) is 3. The summed E-state index contributed by atoms with van der Waals surface area (Å²) in [4.78, 5) is 36.8. The number of carbonyl (C=O) groups excluding carboxylic acids is 3. The van der Waals surface area contributed by atoms with E-state index in [0.29, 0.717) is 22.0 Å². The number of benzene rings is 2. The topological polar surface area (TPSA) is 66.5 Å². The molecule has 26 heavy (non-hydrogen) atoms. The molecule has 1 N–H and O–H groups in total. The molecule has 0 atom stereocenters. The normalized spacial score (nSPS) is 10.3. The van der Waals surface area contributed by atoms with Crippen molar-refractivity contribution in [2.75, 3.05) is 16.8 Å². The molecule has 0 bridgehead atoms. The van der Waals surface area contributed by atoms with Crippen LogP contribution in [0.3, 0.4) is 0 Å². The van der Waals surface area contributed by atoms with E-state index in [1.807, 2.05) is 0 Å². The summed E-state index contributed by atoms with van der Waals surface area (Å²) in [6, 6.07) is 11.6. The number of ketones is 1. The summed E-state index contributed by atoms with van der Waals surface area (Å²) in [7, 11) is 0. The van der Waals surface area contributed by atoms with Gasteiger partial charge in [0.2, 0.25) is 11.8 Å². The van der Waals surface area contributed by atoms with Gasteiger partial charge in [-0.3, -0.25) is 14.4 Å². The lowest BCUT2D eigenvalue weighted by molar-refractivity contribution is -0.117. The van der Waals surface area contributed by atoms with E-state index in [-0.39, 0.29) is 35.6 Å². The lowest BCUT2D eigenvalue weighted by Crippen LogP contribution is -2.32. The van der Waals surface area contributed by atoms with Crippen LogP contribution >= 0.6 is 23.2 Å². The van der Waals surface area contributed by atoms with Gasteiger partial charge in [0.05, 0.1) is 15.7 Å². The predicted octanol–water partition coefficient (Wildman–Crippen LogP) is 4.58. The number of nitrogens with zero attached hydrogens (tertiary/aromatic N) is 1. The maximum atomic E-state index is 12.2. The molecule has 0 aromatic heterocycles. The summed E-state index contributed by atoms with van der Waals surface area (Å²) < 4.78 is 0. The Hall–Kier alpha value is -2.37. The van der Waals surface area contributed by atoms with Crippen LogP contribution in [0.25, 0.3) is 0 Å². The third-order valence-corrected chi connectivity index (χ3v) is 4.55. The lowest BCUT2D eigenvalue weighted by Gasteiger charge is -2.22. The van der Waals surface area contributed by atoms with Crippen molar-refractivity contribution in [3.8, 4) is 0 Å². The second kappa shape index (κ2) is 8.83. The van der Waals surface area contributed by atoms with Crippen molar-refractivity contribution < 1.29 is 14.4 Å². The van der Waals surface area contributed by atoms with Crippen molar-refractivity contribution in [3.63, 3.8) is 0 Å². The first kappa shape index (κ1) is 19.9. The number of hydrogen-bond donors (Lipinski definition) is 1. The van der Waals surface area contributed by atoms with Crippen LogP contribution in [0.15, 0.2) is 42.5 Å². The van der Waals surface area contributed by atoms with Crippen molar-refractivity contribution in [1.29, 1.82) is 0 Å².